The number of hydrogen-bond acceptors (Lipinski definition) is 5. The van der Waals surface area contributed by atoms with E-state index in [1.807, 2.05) is 36.4 Å². The Labute approximate surface area is 157 Å². The zero-order chi connectivity index (χ0) is 18.8. The average molecular weight is 358 g/mol. The lowest BCUT2D eigenvalue weighted by Gasteiger charge is -2.19. The lowest BCUT2D eigenvalue weighted by atomic mass is 9.85. The fraction of sp³-hybridized carbons (Fsp3) is 0.143. The van der Waals surface area contributed by atoms with Gasteiger partial charge in [-0.25, -0.2) is 0 Å². The molecular weight excluding hydrogens is 339 g/mol. The third kappa shape index (κ3) is 3.63. The number of nitrogens with zero attached hydrogens (tertiary/aromatic N) is 1. The Bertz CT molecular complexity index is 1030. The van der Waals surface area contributed by atoms with Crippen molar-refractivity contribution in [3.05, 3.63) is 77.5 Å². The molecule has 2 aromatic carbocycles. The van der Waals surface area contributed by atoms with E-state index in [1.165, 1.54) is 0 Å². The monoisotopic (exact) mass is 358 g/mol. The molecule has 3 aromatic rings. The molecule has 3 N–H and O–H groups in total. The predicted octanol–water partition coefficient (Wildman–Crippen LogP) is 2.51. The van der Waals surface area contributed by atoms with E-state index in [4.69, 9.17) is 10.4 Å². The fourth-order valence-electron chi connectivity index (χ4n) is 3.38. The van der Waals surface area contributed by atoms with E-state index in [1.54, 1.807) is 30.5 Å². The molecule has 27 heavy (non-hydrogen) atoms. The second kappa shape index (κ2) is 7.35. The standard InChI is InChI=1S/C21H19BN2O3/c23-12-19(17-4-3-15-5-7-22(26)27-21(15)11-17)20(25)10-14-1-2-18-13-24-8-6-16(18)9-14/h1-9,11,13,19,26H,10,12,23H2/t19-/m1/s1. The molecule has 0 radical (unpaired) electrons. The van der Waals surface area contributed by atoms with Gasteiger partial charge in [0.05, 0.1) is 5.92 Å². The van der Waals surface area contributed by atoms with Gasteiger partial charge in [-0.2, -0.15) is 0 Å². The first-order valence-corrected chi connectivity index (χ1v) is 8.86. The average Bonchev–Trinajstić information content (AvgIpc) is 2.68. The summed E-state index contributed by atoms with van der Waals surface area (Å²) in [5.74, 6) is 1.77. The summed E-state index contributed by atoms with van der Waals surface area (Å²) < 4.78 is 5.42. The van der Waals surface area contributed by atoms with E-state index >= 15 is 0 Å². The minimum Gasteiger partial charge on any atom is -0.532 e. The number of ketones is 1. The van der Waals surface area contributed by atoms with Gasteiger partial charge in [-0.3, -0.25) is 9.78 Å². The van der Waals surface area contributed by atoms with Gasteiger partial charge in [0.25, 0.3) is 0 Å². The second-order valence-corrected chi connectivity index (χ2v) is 6.65. The van der Waals surface area contributed by atoms with E-state index in [-0.39, 0.29) is 12.3 Å². The summed E-state index contributed by atoms with van der Waals surface area (Å²) in [6, 6.07) is 13.4. The van der Waals surface area contributed by atoms with Gasteiger partial charge in [-0.15, -0.1) is 0 Å². The molecule has 134 valence electrons. The number of pyridine rings is 1. The molecule has 0 amide bonds. The Morgan fingerprint density at radius 3 is 2.93 bits per heavy atom. The van der Waals surface area contributed by atoms with E-state index in [0.29, 0.717) is 12.2 Å². The fourth-order valence-corrected chi connectivity index (χ4v) is 3.38. The number of Topliss-reactive ketones (excluding diaryl/α,β-unsaturated/α-hetero) is 1. The van der Waals surface area contributed by atoms with Crippen molar-refractivity contribution < 1.29 is 14.5 Å². The van der Waals surface area contributed by atoms with Crippen molar-refractivity contribution in [3.8, 4) is 5.75 Å². The van der Waals surface area contributed by atoms with Crippen LogP contribution >= 0.6 is 0 Å². The van der Waals surface area contributed by atoms with Gasteiger partial charge < -0.3 is 15.4 Å². The van der Waals surface area contributed by atoms with Crippen LogP contribution in [0.2, 0.25) is 0 Å². The summed E-state index contributed by atoms with van der Waals surface area (Å²) in [5, 5.41) is 11.7. The maximum Gasteiger partial charge on any atom is 0.552 e. The second-order valence-electron chi connectivity index (χ2n) is 6.65. The molecule has 4 rings (SSSR count). The van der Waals surface area contributed by atoms with Crippen LogP contribution in [0, 0.1) is 0 Å². The highest BCUT2D eigenvalue weighted by Gasteiger charge is 2.23. The highest BCUT2D eigenvalue weighted by atomic mass is 16.5. The zero-order valence-corrected chi connectivity index (χ0v) is 14.7. The van der Waals surface area contributed by atoms with Crippen molar-refractivity contribution in [2.75, 3.05) is 6.54 Å². The normalized spacial score (nSPS) is 13.9. The summed E-state index contributed by atoms with van der Waals surface area (Å²) in [5.41, 5.74) is 8.54. The first-order valence-electron chi connectivity index (χ1n) is 8.86. The molecule has 2 heterocycles. The lowest BCUT2D eigenvalue weighted by Crippen LogP contribution is -2.25. The molecular formula is C21H19BN2O3. The van der Waals surface area contributed by atoms with Crippen LogP contribution in [0.1, 0.15) is 22.6 Å². The van der Waals surface area contributed by atoms with Crippen LogP contribution in [0.25, 0.3) is 16.8 Å². The van der Waals surface area contributed by atoms with Crippen LogP contribution in [0.3, 0.4) is 0 Å². The van der Waals surface area contributed by atoms with Gasteiger partial charge in [0.1, 0.15) is 11.5 Å². The Hall–Kier alpha value is -2.96. The maximum atomic E-state index is 12.9. The van der Waals surface area contributed by atoms with Gasteiger partial charge in [0.2, 0.25) is 0 Å². The molecule has 0 fully saturated rings. The molecule has 1 aliphatic heterocycles. The summed E-state index contributed by atoms with van der Waals surface area (Å²) in [7, 11) is -0.966. The number of rotatable bonds is 5. The van der Waals surface area contributed by atoms with Crippen LogP contribution in [0.4, 0.5) is 0 Å². The number of benzene rings is 2. The van der Waals surface area contributed by atoms with Gasteiger partial charge in [0.15, 0.2) is 0 Å². The van der Waals surface area contributed by atoms with E-state index in [0.717, 1.165) is 27.5 Å². The molecule has 1 aromatic heterocycles. The highest BCUT2D eigenvalue weighted by Crippen LogP contribution is 2.29. The lowest BCUT2D eigenvalue weighted by molar-refractivity contribution is -0.119. The van der Waals surface area contributed by atoms with Crippen LogP contribution in [-0.4, -0.2) is 29.5 Å². The Morgan fingerprint density at radius 2 is 2.07 bits per heavy atom. The van der Waals surface area contributed by atoms with Gasteiger partial charge >= 0.3 is 7.12 Å². The Balaban J connectivity index is 1.57. The third-order valence-corrected chi connectivity index (χ3v) is 4.84. The van der Waals surface area contributed by atoms with Crippen LogP contribution < -0.4 is 10.4 Å². The highest BCUT2D eigenvalue weighted by molar-refractivity contribution is 6.51. The smallest absolute Gasteiger partial charge is 0.532 e. The molecule has 0 spiro atoms. The summed E-state index contributed by atoms with van der Waals surface area (Å²) >= 11 is 0. The number of carbonyl (C=O) groups excluding carboxylic acids is 1. The van der Waals surface area contributed by atoms with Crippen molar-refractivity contribution in [2.45, 2.75) is 12.3 Å². The van der Waals surface area contributed by atoms with Crippen molar-refractivity contribution >= 4 is 29.8 Å². The minimum absolute atomic E-state index is 0.0535. The minimum atomic E-state index is -0.966. The predicted molar refractivity (Wildman–Crippen MR) is 106 cm³/mol. The van der Waals surface area contributed by atoms with Crippen LogP contribution in [0.15, 0.2) is 60.8 Å². The van der Waals surface area contributed by atoms with Crippen molar-refractivity contribution in [3.63, 3.8) is 0 Å². The van der Waals surface area contributed by atoms with Crippen LogP contribution in [0.5, 0.6) is 5.75 Å². The summed E-state index contributed by atoms with van der Waals surface area (Å²) in [6.07, 6.45) is 5.66. The molecule has 1 aliphatic rings. The first kappa shape index (κ1) is 17.5. The molecule has 0 saturated heterocycles. The third-order valence-electron chi connectivity index (χ3n) is 4.84. The quantitative estimate of drug-likeness (QED) is 0.685. The van der Waals surface area contributed by atoms with Crippen molar-refractivity contribution in [1.82, 2.24) is 4.98 Å². The molecule has 5 nitrogen and oxygen atoms in total. The number of fused-ring (bicyclic) bond motifs is 2. The van der Waals surface area contributed by atoms with E-state index < -0.39 is 13.0 Å². The molecule has 0 unspecified atom stereocenters. The maximum absolute atomic E-state index is 12.9. The van der Waals surface area contributed by atoms with E-state index in [9.17, 15) is 9.82 Å². The first-order chi connectivity index (χ1) is 13.1. The summed E-state index contributed by atoms with van der Waals surface area (Å²) in [6.45, 7) is 0.216. The number of hydrogen-bond donors (Lipinski definition) is 2. The van der Waals surface area contributed by atoms with Gasteiger partial charge in [-0.05, 0) is 34.6 Å². The van der Waals surface area contributed by atoms with Gasteiger partial charge in [-0.1, -0.05) is 36.4 Å². The number of carbonyl (C=O) groups is 1. The Morgan fingerprint density at radius 1 is 1.19 bits per heavy atom. The Kier molecular flexibility index (Phi) is 4.75. The van der Waals surface area contributed by atoms with E-state index in [2.05, 4.69) is 4.98 Å². The molecule has 0 saturated carbocycles. The zero-order valence-electron chi connectivity index (χ0n) is 14.7. The topological polar surface area (TPSA) is 85.4 Å². The SMILES string of the molecule is NC[C@@H](C(=O)Cc1ccc2cnccc2c1)c1ccc2c(c1)OB(O)C=C2. The molecule has 6 heteroatoms. The molecule has 0 bridgehead atoms. The largest absolute Gasteiger partial charge is 0.552 e. The summed E-state index contributed by atoms with van der Waals surface area (Å²) in [4.78, 5) is 17.0. The van der Waals surface area contributed by atoms with Crippen molar-refractivity contribution in [2.24, 2.45) is 5.73 Å². The number of aromatic nitrogens is 1. The molecule has 0 aliphatic carbocycles. The van der Waals surface area contributed by atoms with Gasteiger partial charge in [0, 0.05) is 36.3 Å². The number of nitrogens with two attached hydrogens (primary N) is 1. The van der Waals surface area contributed by atoms with Crippen molar-refractivity contribution in [1.29, 1.82) is 0 Å². The molecule has 1 atom stereocenters. The van der Waals surface area contributed by atoms with Crippen LogP contribution in [-0.2, 0) is 11.2 Å².